The van der Waals surface area contributed by atoms with Crippen LogP contribution in [0.5, 0.6) is 0 Å². The molecule has 0 bridgehead atoms. The first kappa shape index (κ1) is 14.0. The number of likely N-dealkylation sites (tertiary alicyclic amines) is 1. The molecule has 1 heterocycles. The molecular weight excluding hydrogens is 312 g/mol. The first-order valence-corrected chi connectivity index (χ1v) is 6.85. The average Bonchev–Trinajstić information content (AvgIpc) is 2.38. The van der Waals surface area contributed by atoms with Gasteiger partial charge in [0.1, 0.15) is 0 Å². The Morgan fingerprint density at radius 2 is 1.89 bits per heavy atom. The number of rotatable bonds is 2. The van der Waals surface area contributed by atoms with Gasteiger partial charge in [-0.1, -0.05) is 15.9 Å². The third kappa shape index (κ3) is 3.13. The highest BCUT2D eigenvalue weighted by atomic mass is 79.9. The number of halogens is 1. The van der Waals surface area contributed by atoms with Gasteiger partial charge in [-0.25, -0.2) is 0 Å². The molecule has 102 valence electrons. The van der Waals surface area contributed by atoms with E-state index in [0.717, 1.165) is 0 Å². The van der Waals surface area contributed by atoms with Crippen LogP contribution < -0.4 is 5.73 Å². The minimum Gasteiger partial charge on any atom is -0.393 e. The minimum absolute atomic E-state index is 0.213. The molecule has 1 saturated heterocycles. The topological polar surface area (TPSA) is 83.6 Å². The molecule has 0 spiro atoms. The normalized spacial score (nSPS) is 16.4. The first-order valence-electron chi connectivity index (χ1n) is 6.05. The number of carbonyl (C=O) groups is 2. The van der Waals surface area contributed by atoms with Gasteiger partial charge in [0, 0.05) is 17.6 Å². The Labute approximate surface area is 119 Å². The smallest absolute Gasteiger partial charge is 0.254 e. The fourth-order valence-electron chi connectivity index (χ4n) is 2.15. The lowest BCUT2D eigenvalue weighted by Gasteiger charge is -2.30. The van der Waals surface area contributed by atoms with E-state index in [4.69, 9.17) is 5.73 Å². The van der Waals surface area contributed by atoms with E-state index in [9.17, 15) is 14.7 Å². The summed E-state index contributed by atoms with van der Waals surface area (Å²) in [6.45, 7) is 0.989. The highest BCUT2D eigenvalue weighted by molar-refractivity contribution is 9.10. The molecule has 3 N–H and O–H groups in total. The van der Waals surface area contributed by atoms with Crippen LogP contribution in [0.4, 0.5) is 0 Å². The molecule has 1 fully saturated rings. The largest absolute Gasteiger partial charge is 0.393 e. The summed E-state index contributed by atoms with van der Waals surface area (Å²) in [7, 11) is 0. The molecule has 2 rings (SSSR count). The van der Waals surface area contributed by atoms with Crippen LogP contribution in [0.1, 0.15) is 33.6 Å². The summed E-state index contributed by atoms with van der Waals surface area (Å²) in [5.74, 6) is -0.838. The van der Waals surface area contributed by atoms with Crippen molar-refractivity contribution in [3.8, 4) is 0 Å². The molecule has 2 amide bonds. The monoisotopic (exact) mass is 326 g/mol. The second-order valence-corrected chi connectivity index (χ2v) is 5.49. The van der Waals surface area contributed by atoms with Crippen molar-refractivity contribution >= 4 is 27.7 Å². The summed E-state index contributed by atoms with van der Waals surface area (Å²) in [5.41, 5.74) is 5.83. The lowest BCUT2D eigenvalue weighted by molar-refractivity contribution is 0.0544. The molecule has 0 aliphatic carbocycles. The number of aliphatic hydroxyl groups is 1. The van der Waals surface area contributed by atoms with E-state index in [-0.39, 0.29) is 17.6 Å². The molecule has 0 unspecified atom stereocenters. The number of aliphatic hydroxyl groups excluding tert-OH is 1. The van der Waals surface area contributed by atoms with Gasteiger partial charge >= 0.3 is 0 Å². The van der Waals surface area contributed by atoms with Crippen LogP contribution in [0, 0.1) is 0 Å². The summed E-state index contributed by atoms with van der Waals surface area (Å²) < 4.78 is 0.701. The summed E-state index contributed by atoms with van der Waals surface area (Å²) >= 11 is 3.25. The van der Waals surface area contributed by atoms with Gasteiger partial charge in [-0.3, -0.25) is 9.59 Å². The Kier molecular flexibility index (Phi) is 4.21. The van der Waals surface area contributed by atoms with Crippen molar-refractivity contribution in [3.63, 3.8) is 0 Å². The number of hydrogen-bond acceptors (Lipinski definition) is 3. The van der Waals surface area contributed by atoms with Crippen molar-refractivity contribution in [1.29, 1.82) is 0 Å². The number of carbonyl (C=O) groups excluding carboxylic acids is 2. The highest BCUT2D eigenvalue weighted by Gasteiger charge is 2.25. The molecule has 0 atom stereocenters. The van der Waals surface area contributed by atoms with Gasteiger partial charge in [0.05, 0.1) is 17.2 Å². The average molecular weight is 327 g/mol. The van der Waals surface area contributed by atoms with Crippen LogP contribution in [0.15, 0.2) is 22.7 Å². The number of primary amides is 1. The van der Waals surface area contributed by atoms with Crippen LogP contribution in [0.2, 0.25) is 0 Å². The van der Waals surface area contributed by atoms with E-state index in [2.05, 4.69) is 15.9 Å². The molecule has 1 aromatic rings. The predicted octanol–water partition coefficient (Wildman–Crippen LogP) is 1.14. The molecule has 1 aliphatic rings. The number of nitrogens with zero attached hydrogens (tertiary/aromatic N) is 1. The van der Waals surface area contributed by atoms with E-state index in [0.29, 0.717) is 36.0 Å². The van der Waals surface area contributed by atoms with Gasteiger partial charge in [0.15, 0.2) is 0 Å². The van der Waals surface area contributed by atoms with E-state index in [1.807, 2.05) is 0 Å². The molecule has 0 saturated carbocycles. The van der Waals surface area contributed by atoms with Crippen molar-refractivity contribution in [1.82, 2.24) is 4.90 Å². The zero-order chi connectivity index (χ0) is 14.0. The molecule has 5 nitrogen and oxygen atoms in total. The summed E-state index contributed by atoms with van der Waals surface area (Å²) in [6.07, 6.45) is 0.784. The predicted molar refractivity (Wildman–Crippen MR) is 73.8 cm³/mol. The Balaban J connectivity index is 2.26. The van der Waals surface area contributed by atoms with Crippen LogP contribution in [-0.2, 0) is 0 Å². The molecule has 0 aromatic heterocycles. The van der Waals surface area contributed by atoms with Crippen LogP contribution in [-0.4, -0.2) is 41.0 Å². The second kappa shape index (κ2) is 5.71. The lowest BCUT2D eigenvalue weighted by Crippen LogP contribution is -2.40. The van der Waals surface area contributed by atoms with Crippen LogP contribution in [0.25, 0.3) is 0 Å². The van der Waals surface area contributed by atoms with E-state index < -0.39 is 5.91 Å². The van der Waals surface area contributed by atoms with Crippen molar-refractivity contribution in [2.45, 2.75) is 18.9 Å². The third-order valence-corrected chi connectivity index (χ3v) is 3.72. The van der Waals surface area contributed by atoms with Gasteiger partial charge in [0.2, 0.25) is 5.91 Å². The Hall–Kier alpha value is -1.40. The second-order valence-electron chi connectivity index (χ2n) is 4.58. The summed E-state index contributed by atoms with van der Waals surface area (Å²) in [5, 5.41) is 9.44. The number of amides is 2. The zero-order valence-corrected chi connectivity index (χ0v) is 11.9. The van der Waals surface area contributed by atoms with Crippen LogP contribution >= 0.6 is 15.9 Å². The summed E-state index contributed by atoms with van der Waals surface area (Å²) in [4.78, 5) is 25.4. The number of nitrogens with two attached hydrogens (primary N) is 1. The van der Waals surface area contributed by atoms with Gasteiger partial charge in [-0.2, -0.15) is 0 Å². The lowest BCUT2D eigenvalue weighted by atomic mass is 10.0. The van der Waals surface area contributed by atoms with E-state index in [1.165, 1.54) is 0 Å². The van der Waals surface area contributed by atoms with E-state index in [1.54, 1.807) is 23.1 Å². The minimum atomic E-state index is -0.623. The SMILES string of the molecule is NC(=O)c1cc(Br)ccc1C(=O)N1CCC(O)CC1. The van der Waals surface area contributed by atoms with Crippen molar-refractivity contribution in [3.05, 3.63) is 33.8 Å². The molecule has 1 aliphatic heterocycles. The maximum Gasteiger partial charge on any atom is 0.254 e. The maximum absolute atomic E-state index is 12.4. The van der Waals surface area contributed by atoms with Gasteiger partial charge in [-0.05, 0) is 31.0 Å². The third-order valence-electron chi connectivity index (χ3n) is 3.23. The van der Waals surface area contributed by atoms with E-state index >= 15 is 0 Å². The number of hydrogen-bond donors (Lipinski definition) is 2. The highest BCUT2D eigenvalue weighted by Crippen LogP contribution is 2.20. The van der Waals surface area contributed by atoms with Crippen molar-refractivity contribution in [2.75, 3.05) is 13.1 Å². The van der Waals surface area contributed by atoms with Crippen molar-refractivity contribution < 1.29 is 14.7 Å². The molecule has 1 aromatic carbocycles. The molecule has 0 radical (unpaired) electrons. The standard InChI is InChI=1S/C13H15BrN2O3/c14-8-1-2-10(11(7-8)12(15)18)13(19)16-5-3-9(17)4-6-16/h1-2,7,9,17H,3-6H2,(H2,15,18). The zero-order valence-electron chi connectivity index (χ0n) is 10.3. The first-order chi connectivity index (χ1) is 8.99. The quantitative estimate of drug-likeness (QED) is 0.854. The van der Waals surface area contributed by atoms with Gasteiger partial charge in [0.25, 0.3) is 5.91 Å². The Bertz CT molecular complexity index is 511. The van der Waals surface area contributed by atoms with Crippen LogP contribution in [0.3, 0.4) is 0 Å². The molecule has 19 heavy (non-hydrogen) atoms. The maximum atomic E-state index is 12.4. The Morgan fingerprint density at radius 1 is 1.26 bits per heavy atom. The van der Waals surface area contributed by atoms with Crippen molar-refractivity contribution in [2.24, 2.45) is 5.73 Å². The van der Waals surface area contributed by atoms with Gasteiger partial charge in [-0.15, -0.1) is 0 Å². The fourth-order valence-corrected chi connectivity index (χ4v) is 2.51. The number of benzene rings is 1. The molecular formula is C13H15BrN2O3. The number of piperidine rings is 1. The Morgan fingerprint density at radius 3 is 2.47 bits per heavy atom. The van der Waals surface area contributed by atoms with Gasteiger partial charge < -0.3 is 15.7 Å². The summed E-state index contributed by atoms with van der Waals surface area (Å²) in [6, 6.07) is 4.85. The fraction of sp³-hybridized carbons (Fsp3) is 0.385. The molecule has 6 heteroatoms.